The number of ether oxygens (including phenoxy) is 1. The minimum atomic E-state index is -0.577. The Morgan fingerprint density at radius 2 is 2.20 bits per heavy atom. The highest BCUT2D eigenvalue weighted by molar-refractivity contribution is 6.03. The van der Waals surface area contributed by atoms with Crippen LogP contribution in [0.4, 0.5) is 17.1 Å². The van der Waals surface area contributed by atoms with Gasteiger partial charge in [-0.05, 0) is 30.3 Å². The molecule has 8 nitrogen and oxygen atoms in total. The SMILES string of the molecule is CN1C(=O)COc2ccc(Nc3c(C(N)=O)cnn4cccc34)cc21. The molecule has 0 bridgehead atoms. The van der Waals surface area contributed by atoms with E-state index >= 15 is 0 Å². The Bertz CT molecular complexity index is 1010. The van der Waals surface area contributed by atoms with Crippen molar-refractivity contribution >= 4 is 34.4 Å². The fraction of sp³-hybridized carbons (Fsp3) is 0.118. The quantitative estimate of drug-likeness (QED) is 0.755. The third-order valence-electron chi connectivity index (χ3n) is 4.15. The van der Waals surface area contributed by atoms with Gasteiger partial charge in [0.1, 0.15) is 5.75 Å². The monoisotopic (exact) mass is 337 g/mol. The van der Waals surface area contributed by atoms with Crippen LogP contribution < -0.4 is 20.7 Å². The van der Waals surface area contributed by atoms with Crippen LogP contribution in [0.5, 0.6) is 5.75 Å². The van der Waals surface area contributed by atoms with Crippen molar-refractivity contribution in [2.24, 2.45) is 5.73 Å². The first-order valence-electron chi connectivity index (χ1n) is 7.61. The van der Waals surface area contributed by atoms with Crippen LogP contribution in [0.3, 0.4) is 0 Å². The van der Waals surface area contributed by atoms with Gasteiger partial charge in [-0.2, -0.15) is 5.10 Å². The zero-order chi connectivity index (χ0) is 17.6. The highest BCUT2D eigenvalue weighted by atomic mass is 16.5. The molecule has 0 saturated carbocycles. The first-order valence-corrected chi connectivity index (χ1v) is 7.61. The van der Waals surface area contributed by atoms with Crippen LogP contribution in [0, 0.1) is 0 Å². The molecule has 0 aliphatic carbocycles. The molecule has 1 aromatic carbocycles. The Hall–Kier alpha value is -3.55. The van der Waals surface area contributed by atoms with Gasteiger partial charge in [0.25, 0.3) is 11.8 Å². The van der Waals surface area contributed by atoms with Gasteiger partial charge in [-0.3, -0.25) is 9.59 Å². The van der Waals surface area contributed by atoms with Gasteiger partial charge in [0.05, 0.1) is 28.7 Å². The predicted molar refractivity (Wildman–Crippen MR) is 92.3 cm³/mol. The second-order valence-electron chi connectivity index (χ2n) is 5.68. The van der Waals surface area contributed by atoms with E-state index in [4.69, 9.17) is 10.5 Å². The van der Waals surface area contributed by atoms with Crippen LogP contribution in [0.15, 0.2) is 42.7 Å². The number of fused-ring (bicyclic) bond motifs is 2. The fourth-order valence-corrected chi connectivity index (χ4v) is 2.81. The molecule has 3 N–H and O–H groups in total. The van der Waals surface area contributed by atoms with Gasteiger partial charge in [-0.25, -0.2) is 4.52 Å². The number of aromatic nitrogens is 2. The molecular weight excluding hydrogens is 322 g/mol. The number of benzene rings is 1. The summed E-state index contributed by atoms with van der Waals surface area (Å²) < 4.78 is 7.07. The molecule has 0 unspecified atom stereocenters. The number of rotatable bonds is 3. The van der Waals surface area contributed by atoms with Crippen molar-refractivity contribution in [2.75, 3.05) is 23.9 Å². The lowest BCUT2D eigenvalue weighted by Gasteiger charge is -2.26. The smallest absolute Gasteiger partial charge is 0.264 e. The summed E-state index contributed by atoms with van der Waals surface area (Å²) in [5.41, 5.74) is 8.38. The van der Waals surface area contributed by atoms with Gasteiger partial charge >= 0.3 is 0 Å². The first-order chi connectivity index (χ1) is 12.0. The summed E-state index contributed by atoms with van der Waals surface area (Å²) in [5, 5.41) is 7.37. The summed E-state index contributed by atoms with van der Waals surface area (Å²) in [7, 11) is 1.69. The molecule has 3 heterocycles. The van der Waals surface area contributed by atoms with Crippen molar-refractivity contribution in [2.45, 2.75) is 0 Å². The molecular formula is C17H15N5O3. The van der Waals surface area contributed by atoms with Crippen LogP contribution in [0.1, 0.15) is 10.4 Å². The number of hydrogen-bond acceptors (Lipinski definition) is 5. The van der Waals surface area contributed by atoms with E-state index in [1.165, 1.54) is 6.20 Å². The van der Waals surface area contributed by atoms with Crippen molar-refractivity contribution in [3.8, 4) is 5.75 Å². The second-order valence-corrected chi connectivity index (χ2v) is 5.68. The molecule has 8 heteroatoms. The number of nitrogens with two attached hydrogens (primary N) is 1. The molecule has 0 spiro atoms. The van der Waals surface area contributed by atoms with Crippen LogP contribution in [-0.4, -0.2) is 35.1 Å². The average molecular weight is 337 g/mol. The number of carbonyl (C=O) groups is 2. The van der Waals surface area contributed by atoms with Gasteiger partial charge in [0.15, 0.2) is 6.61 Å². The van der Waals surface area contributed by atoms with E-state index in [0.717, 1.165) is 5.52 Å². The molecule has 0 fully saturated rings. The van der Waals surface area contributed by atoms with E-state index in [1.54, 1.807) is 34.8 Å². The van der Waals surface area contributed by atoms with Gasteiger partial charge < -0.3 is 20.7 Å². The number of nitrogens with zero attached hydrogens (tertiary/aromatic N) is 3. The van der Waals surface area contributed by atoms with Crippen molar-refractivity contribution in [3.63, 3.8) is 0 Å². The second kappa shape index (κ2) is 5.52. The van der Waals surface area contributed by atoms with Crippen molar-refractivity contribution in [3.05, 3.63) is 48.3 Å². The number of anilines is 3. The van der Waals surface area contributed by atoms with Crippen LogP contribution in [0.25, 0.3) is 5.52 Å². The van der Waals surface area contributed by atoms with Crippen molar-refractivity contribution < 1.29 is 14.3 Å². The lowest BCUT2D eigenvalue weighted by Crippen LogP contribution is -2.35. The van der Waals surface area contributed by atoms with Crippen LogP contribution in [0.2, 0.25) is 0 Å². The van der Waals surface area contributed by atoms with E-state index in [1.807, 2.05) is 18.2 Å². The highest BCUT2D eigenvalue weighted by Gasteiger charge is 2.23. The maximum Gasteiger partial charge on any atom is 0.264 e. The molecule has 4 rings (SSSR count). The van der Waals surface area contributed by atoms with Crippen LogP contribution >= 0.6 is 0 Å². The molecule has 0 atom stereocenters. The molecule has 126 valence electrons. The topological polar surface area (TPSA) is 102 Å². The minimum Gasteiger partial charge on any atom is -0.482 e. The largest absolute Gasteiger partial charge is 0.482 e. The molecule has 0 saturated heterocycles. The highest BCUT2D eigenvalue weighted by Crippen LogP contribution is 2.35. The van der Waals surface area contributed by atoms with Gasteiger partial charge in [-0.1, -0.05) is 0 Å². The van der Waals surface area contributed by atoms with E-state index in [2.05, 4.69) is 10.4 Å². The Kier molecular flexibility index (Phi) is 3.31. The standard InChI is InChI=1S/C17H15N5O3/c1-21-13-7-10(4-5-14(13)25-9-15(21)23)20-16-11(17(18)24)8-19-22-6-2-3-12(16)22/h2-8,20H,9H2,1H3,(H2,18,24). The summed E-state index contributed by atoms with van der Waals surface area (Å²) in [6.45, 7) is 0.0250. The zero-order valence-electron chi connectivity index (χ0n) is 13.4. The molecule has 2 aromatic heterocycles. The summed E-state index contributed by atoms with van der Waals surface area (Å²) >= 11 is 0. The van der Waals surface area contributed by atoms with E-state index in [9.17, 15) is 9.59 Å². The number of likely N-dealkylation sites (N-methyl/N-ethyl adjacent to an activating group) is 1. The minimum absolute atomic E-state index is 0.0250. The molecule has 2 amide bonds. The molecule has 1 aliphatic rings. The molecule has 1 aliphatic heterocycles. The summed E-state index contributed by atoms with van der Waals surface area (Å²) in [4.78, 5) is 25.1. The summed E-state index contributed by atoms with van der Waals surface area (Å²) in [5.74, 6) is -0.0713. The van der Waals surface area contributed by atoms with Crippen LogP contribution in [-0.2, 0) is 4.79 Å². The number of primary amides is 1. The lowest BCUT2D eigenvalue weighted by molar-refractivity contribution is -0.120. The van der Waals surface area contributed by atoms with Crippen molar-refractivity contribution in [1.29, 1.82) is 0 Å². The Labute approximate surface area is 142 Å². The maximum absolute atomic E-state index is 11.8. The number of nitrogens with one attached hydrogen (secondary N) is 1. The maximum atomic E-state index is 11.8. The Morgan fingerprint density at radius 1 is 1.36 bits per heavy atom. The van der Waals surface area contributed by atoms with E-state index in [-0.39, 0.29) is 18.1 Å². The summed E-state index contributed by atoms with van der Waals surface area (Å²) in [6, 6.07) is 9.04. The summed E-state index contributed by atoms with van der Waals surface area (Å²) in [6.07, 6.45) is 3.20. The number of hydrogen-bond donors (Lipinski definition) is 2. The molecule has 0 radical (unpaired) electrons. The van der Waals surface area contributed by atoms with Gasteiger partial charge in [0, 0.05) is 18.9 Å². The van der Waals surface area contributed by atoms with Gasteiger partial charge in [0.2, 0.25) is 0 Å². The Morgan fingerprint density at radius 3 is 3.00 bits per heavy atom. The fourth-order valence-electron chi connectivity index (χ4n) is 2.81. The van der Waals surface area contributed by atoms with E-state index in [0.29, 0.717) is 22.8 Å². The zero-order valence-corrected chi connectivity index (χ0v) is 13.4. The first kappa shape index (κ1) is 15.0. The lowest BCUT2D eigenvalue weighted by atomic mass is 10.1. The Balaban J connectivity index is 1.80. The third kappa shape index (κ3) is 2.44. The molecule has 3 aromatic rings. The van der Waals surface area contributed by atoms with Gasteiger partial charge in [-0.15, -0.1) is 0 Å². The predicted octanol–water partition coefficient (Wildman–Crippen LogP) is 1.53. The third-order valence-corrected chi connectivity index (χ3v) is 4.15. The number of amides is 2. The van der Waals surface area contributed by atoms with E-state index < -0.39 is 5.91 Å². The average Bonchev–Trinajstić information content (AvgIpc) is 3.08. The normalized spacial score (nSPS) is 13.5. The van der Waals surface area contributed by atoms with Crippen molar-refractivity contribution in [1.82, 2.24) is 9.61 Å². The molecule has 25 heavy (non-hydrogen) atoms. The number of carbonyl (C=O) groups excluding carboxylic acids is 2.